The Morgan fingerprint density at radius 2 is 1.31 bits per heavy atom. The van der Waals surface area contributed by atoms with Gasteiger partial charge in [0.1, 0.15) is 5.69 Å². The molecule has 0 saturated carbocycles. The van der Waals surface area contributed by atoms with E-state index in [0.29, 0.717) is 0 Å². The summed E-state index contributed by atoms with van der Waals surface area (Å²) in [5, 5.41) is 17.1. The van der Waals surface area contributed by atoms with Crippen molar-refractivity contribution in [2.24, 2.45) is 0 Å². The molecule has 1 heterocycles. The van der Waals surface area contributed by atoms with E-state index >= 15 is 0 Å². The van der Waals surface area contributed by atoms with Crippen LogP contribution in [0.15, 0.2) is 91.1 Å². The third-order valence-electron chi connectivity index (χ3n) is 4.72. The van der Waals surface area contributed by atoms with Crippen molar-refractivity contribution < 1.29 is 0 Å². The number of benzene rings is 4. The topological polar surface area (TPSA) is 38.7 Å². The van der Waals surface area contributed by atoms with Gasteiger partial charge in [0.25, 0.3) is 0 Å². The Kier molecular flexibility index (Phi) is 3.42. The summed E-state index contributed by atoms with van der Waals surface area (Å²) >= 11 is 0. The zero-order valence-corrected chi connectivity index (χ0v) is 14.0. The highest BCUT2D eigenvalue weighted by atomic mass is 15.3. The molecule has 3 heteroatoms. The summed E-state index contributed by atoms with van der Waals surface area (Å²) < 4.78 is 0. The Bertz CT molecular complexity index is 1230. The molecule has 0 atom stereocenters. The summed E-state index contributed by atoms with van der Waals surface area (Å²) in [6, 6.07) is 29.4. The molecule has 122 valence electrons. The fourth-order valence-corrected chi connectivity index (χ4v) is 3.47. The van der Waals surface area contributed by atoms with E-state index in [4.69, 9.17) is 0 Å². The van der Waals surface area contributed by atoms with Crippen molar-refractivity contribution in [1.29, 1.82) is 0 Å². The average Bonchev–Trinajstić information content (AvgIpc) is 2.72. The quantitative estimate of drug-likeness (QED) is 0.400. The first-order valence-electron chi connectivity index (χ1n) is 8.56. The van der Waals surface area contributed by atoms with Crippen LogP contribution in [0.4, 0.5) is 0 Å². The molecule has 0 aliphatic carbocycles. The first-order valence-corrected chi connectivity index (χ1v) is 8.56. The highest BCUT2D eigenvalue weighted by Gasteiger charge is 2.13. The molecule has 0 aliphatic rings. The maximum absolute atomic E-state index is 4.39. The van der Waals surface area contributed by atoms with Crippen LogP contribution in [0, 0.1) is 0 Å². The highest BCUT2D eigenvalue weighted by Crippen LogP contribution is 2.35. The second-order valence-electron chi connectivity index (χ2n) is 6.29. The second kappa shape index (κ2) is 6.05. The zero-order valence-electron chi connectivity index (χ0n) is 14.0. The molecule has 0 aliphatic heterocycles. The van der Waals surface area contributed by atoms with Crippen LogP contribution in [0.3, 0.4) is 0 Å². The van der Waals surface area contributed by atoms with Crippen LogP contribution in [0.25, 0.3) is 43.9 Å². The molecule has 0 radical (unpaired) electrons. The van der Waals surface area contributed by atoms with E-state index in [1.807, 2.05) is 18.2 Å². The third kappa shape index (κ3) is 2.42. The van der Waals surface area contributed by atoms with E-state index in [9.17, 15) is 0 Å². The Morgan fingerprint density at radius 3 is 2.15 bits per heavy atom. The van der Waals surface area contributed by atoms with E-state index in [1.54, 1.807) is 6.20 Å². The number of nitrogens with zero attached hydrogens (tertiary/aromatic N) is 3. The first kappa shape index (κ1) is 14.7. The van der Waals surface area contributed by atoms with Crippen LogP contribution in [0.2, 0.25) is 0 Å². The number of aromatic nitrogens is 3. The van der Waals surface area contributed by atoms with Crippen molar-refractivity contribution in [2.45, 2.75) is 0 Å². The van der Waals surface area contributed by atoms with Gasteiger partial charge in [-0.3, -0.25) is 0 Å². The summed E-state index contributed by atoms with van der Waals surface area (Å²) in [4.78, 5) is 0. The molecule has 0 unspecified atom stereocenters. The molecule has 0 bridgehead atoms. The van der Waals surface area contributed by atoms with Crippen LogP contribution in [-0.4, -0.2) is 15.4 Å². The normalized spacial score (nSPS) is 11.1. The van der Waals surface area contributed by atoms with E-state index in [0.717, 1.165) is 22.4 Å². The molecule has 26 heavy (non-hydrogen) atoms. The summed E-state index contributed by atoms with van der Waals surface area (Å²) in [5.74, 6) is 0. The van der Waals surface area contributed by atoms with Crippen molar-refractivity contribution in [3.05, 3.63) is 91.1 Å². The van der Waals surface area contributed by atoms with Crippen molar-refractivity contribution in [2.75, 3.05) is 0 Å². The van der Waals surface area contributed by atoms with E-state index in [2.05, 4.69) is 82.1 Å². The largest absolute Gasteiger partial charge is 0.138 e. The second-order valence-corrected chi connectivity index (χ2v) is 6.29. The van der Waals surface area contributed by atoms with Gasteiger partial charge in [0.2, 0.25) is 0 Å². The van der Waals surface area contributed by atoms with Gasteiger partial charge in [-0.15, -0.1) is 10.2 Å². The predicted octanol–water partition coefficient (Wildman–Crippen LogP) is 5.51. The minimum absolute atomic E-state index is 0.854. The predicted molar refractivity (Wildman–Crippen MR) is 106 cm³/mol. The molecule has 1 aromatic heterocycles. The van der Waals surface area contributed by atoms with Gasteiger partial charge < -0.3 is 0 Å². The molecule has 5 rings (SSSR count). The maximum Gasteiger partial charge on any atom is 0.105 e. The van der Waals surface area contributed by atoms with Gasteiger partial charge in [-0.05, 0) is 44.5 Å². The fourth-order valence-electron chi connectivity index (χ4n) is 3.47. The SMILES string of the molecule is c1ccc(-c2cnnnc2-c2cccc3cc4ccccc4cc23)cc1. The van der Waals surface area contributed by atoms with Crippen LogP contribution >= 0.6 is 0 Å². The number of fused-ring (bicyclic) bond motifs is 2. The standard InChI is InChI=1S/C23H15N3/c1-2-7-16(8-3-1)22-15-24-26-25-23(22)20-12-6-11-19-13-17-9-4-5-10-18(17)14-21(19)20/h1-15H. The van der Waals surface area contributed by atoms with Gasteiger partial charge in [-0.1, -0.05) is 72.8 Å². The van der Waals surface area contributed by atoms with Crippen molar-refractivity contribution in [3.63, 3.8) is 0 Å². The van der Waals surface area contributed by atoms with Crippen LogP contribution in [0.1, 0.15) is 0 Å². The van der Waals surface area contributed by atoms with E-state index in [1.165, 1.54) is 21.5 Å². The Morgan fingerprint density at radius 1 is 0.577 bits per heavy atom. The zero-order chi connectivity index (χ0) is 17.3. The Hall–Kier alpha value is -3.59. The lowest BCUT2D eigenvalue weighted by molar-refractivity contribution is 0.873. The molecule has 0 spiro atoms. The lowest BCUT2D eigenvalue weighted by Crippen LogP contribution is -1.95. The van der Waals surface area contributed by atoms with Crippen molar-refractivity contribution in [1.82, 2.24) is 15.4 Å². The van der Waals surface area contributed by atoms with Gasteiger partial charge in [-0.2, -0.15) is 0 Å². The molecule has 0 N–H and O–H groups in total. The Balaban J connectivity index is 1.82. The maximum atomic E-state index is 4.39. The summed E-state index contributed by atoms with van der Waals surface area (Å²) in [5.41, 5.74) is 4.00. The summed E-state index contributed by atoms with van der Waals surface area (Å²) in [6.07, 6.45) is 1.79. The summed E-state index contributed by atoms with van der Waals surface area (Å²) in [7, 11) is 0. The molecule has 0 fully saturated rings. The van der Waals surface area contributed by atoms with Crippen molar-refractivity contribution >= 4 is 21.5 Å². The molecular formula is C23H15N3. The third-order valence-corrected chi connectivity index (χ3v) is 4.72. The van der Waals surface area contributed by atoms with Gasteiger partial charge in [0.05, 0.1) is 6.20 Å². The molecule has 4 aromatic carbocycles. The lowest BCUT2D eigenvalue weighted by Gasteiger charge is -2.11. The minimum atomic E-state index is 0.854. The molecule has 3 nitrogen and oxygen atoms in total. The van der Waals surface area contributed by atoms with Gasteiger partial charge in [0.15, 0.2) is 0 Å². The number of hydrogen-bond acceptors (Lipinski definition) is 3. The molecule has 0 amide bonds. The lowest BCUT2D eigenvalue weighted by atomic mass is 9.95. The van der Waals surface area contributed by atoms with Crippen LogP contribution in [-0.2, 0) is 0 Å². The van der Waals surface area contributed by atoms with E-state index < -0.39 is 0 Å². The summed E-state index contributed by atoms with van der Waals surface area (Å²) in [6.45, 7) is 0. The van der Waals surface area contributed by atoms with Crippen molar-refractivity contribution in [3.8, 4) is 22.4 Å². The molecular weight excluding hydrogens is 318 g/mol. The van der Waals surface area contributed by atoms with E-state index in [-0.39, 0.29) is 0 Å². The van der Waals surface area contributed by atoms with Gasteiger partial charge >= 0.3 is 0 Å². The minimum Gasteiger partial charge on any atom is -0.138 e. The number of hydrogen-bond donors (Lipinski definition) is 0. The van der Waals surface area contributed by atoms with Crippen LogP contribution in [0.5, 0.6) is 0 Å². The average molecular weight is 333 g/mol. The molecule has 0 saturated heterocycles. The number of rotatable bonds is 2. The highest BCUT2D eigenvalue weighted by molar-refractivity contribution is 6.05. The monoisotopic (exact) mass is 333 g/mol. The fraction of sp³-hybridized carbons (Fsp3) is 0. The first-order chi connectivity index (χ1) is 12.9. The van der Waals surface area contributed by atoms with Gasteiger partial charge in [0, 0.05) is 11.1 Å². The molecule has 5 aromatic rings. The van der Waals surface area contributed by atoms with Gasteiger partial charge in [-0.25, -0.2) is 0 Å². The smallest absolute Gasteiger partial charge is 0.105 e. The Labute approximate surface area is 151 Å². The van der Waals surface area contributed by atoms with Crippen LogP contribution < -0.4 is 0 Å².